The lowest BCUT2D eigenvalue weighted by atomic mass is 9.97. The van der Waals surface area contributed by atoms with Crippen molar-refractivity contribution in [3.05, 3.63) is 34.4 Å². The van der Waals surface area contributed by atoms with Crippen molar-refractivity contribution >= 4 is 12.3 Å². The molecule has 0 spiro atoms. The topological polar surface area (TPSA) is 54.4 Å². The van der Waals surface area contributed by atoms with E-state index < -0.39 is 5.97 Å². The summed E-state index contributed by atoms with van der Waals surface area (Å²) in [5.74, 6) is -0.843. The van der Waals surface area contributed by atoms with Gasteiger partial charge in [-0.1, -0.05) is 6.07 Å². The van der Waals surface area contributed by atoms with Crippen LogP contribution in [0, 0.1) is 13.8 Å². The number of benzene rings is 1. The molecule has 0 aliphatic heterocycles. The van der Waals surface area contributed by atoms with Crippen molar-refractivity contribution in [2.45, 2.75) is 26.7 Å². The molecule has 0 fully saturated rings. The highest BCUT2D eigenvalue weighted by molar-refractivity contribution is 5.78. The van der Waals surface area contributed by atoms with Crippen molar-refractivity contribution in [2.75, 3.05) is 0 Å². The summed E-state index contributed by atoms with van der Waals surface area (Å²) < 4.78 is 0. The van der Waals surface area contributed by atoms with E-state index in [0.29, 0.717) is 12.0 Å². The van der Waals surface area contributed by atoms with Crippen LogP contribution >= 0.6 is 0 Å². The number of aryl methyl sites for hydroxylation is 3. The molecule has 0 heterocycles. The molecular weight excluding hydrogens is 192 g/mol. The first kappa shape index (κ1) is 11.4. The second-order valence-electron chi connectivity index (χ2n) is 3.65. The summed E-state index contributed by atoms with van der Waals surface area (Å²) in [6, 6.07) is 3.70. The van der Waals surface area contributed by atoms with Gasteiger partial charge in [0.15, 0.2) is 0 Å². The number of aliphatic carboxylic acids is 1. The van der Waals surface area contributed by atoms with Crippen LogP contribution in [-0.2, 0) is 11.2 Å². The predicted octanol–water partition coefficient (Wildman–Crippen LogP) is 2.13. The zero-order chi connectivity index (χ0) is 11.4. The molecule has 0 saturated carbocycles. The lowest BCUT2D eigenvalue weighted by Crippen LogP contribution is -2.01. The Hall–Kier alpha value is -1.64. The standard InChI is InChI=1S/C12H14O3/c1-8-5-10(3-4-12(14)15)11(7-13)6-9(8)2/h5-7H,3-4H2,1-2H3,(H,14,15). The Kier molecular flexibility index (Phi) is 3.61. The van der Waals surface area contributed by atoms with E-state index in [2.05, 4.69) is 0 Å². The van der Waals surface area contributed by atoms with Crippen LogP contribution in [0.15, 0.2) is 12.1 Å². The Bertz CT molecular complexity index is 394. The molecule has 0 unspecified atom stereocenters. The Balaban J connectivity index is 2.99. The molecule has 0 radical (unpaired) electrons. The average molecular weight is 206 g/mol. The quantitative estimate of drug-likeness (QED) is 0.768. The third-order valence-corrected chi connectivity index (χ3v) is 2.49. The Labute approximate surface area is 88.7 Å². The van der Waals surface area contributed by atoms with Crippen molar-refractivity contribution in [1.82, 2.24) is 0 Å². The van der Waals surface area contributed by atoms with Gasteiger partial charge in [0.25, 0.3) is 0 Å². The van der Waals surface area contributed by atoms with Gasteiger partial charge in [0.2, 0.25) is 0 Å². The number of carbonyl (C=O) groups is 2. The lowest BCUT2D eigenvalue weighted by Gasteiger charge is -2.07. The van der Waals surface area contributed by atoms with Crippen LogP contribution in [0.2, 0.25) is 0 Å². The number of aldehydes is 1. The molecule has 1 rings (SSSR count). The molecule has 0 aliphatic rings. The second-order valence-corrected chi connectivity index (χ2v) is 3.65. The summed E-state index contributed by atoms with van der Waals surface area (Å²) in [5.41, 5.74) is 3.55. The molecule has 1 N–H and O–H groups in total. The first-order valence-electron chi connectivity index (χ1n) is 4.81. The molecule has 15 heavy (non-hydrogen) atoms. The normalized spacial score (nSPS) is 10.0. The average Bonchev–Trinajstić information content (AvgIpc) is 2.19. The zero-order valence-electron chi connectivity index (χ0n) is 8.91. The number of carboxylic acid groups (broad SMARTS) is 1. The van der Waals surface area contributed by atoms with Crippen LogP contribution in [0.4, 0.5) is 0 Å². The zero-order valence-corrected chi connectivity index (χ0v) is 8.91. The van der Waals surface area contributed by atoms with Crippen LogP contribution in [0.5, 0.6) is 0 Å². The summed E-state index contributed by atoms with van der Waals surface area (Å²) in [7, 11) is 0. The third kappa shape index (κ3) is 2.91. The van der Waals surface area contributed by atoms with Crippen LogP contribution in [0.3, 0.4) is 0 Å². The van der Waals surface area contributed by atoms with Gasteiger partial charge in [-0.3, -0.25) is 9.59 Å². The molecule has 0 bridgehead atoms. The number of hydrogen-bond donors (Lipinski definition) is 1. The largest absolute Gasteiger partial charge is 0.481 e. The predicted molar refractivity (Wildman–Crippen MR) is 57.3 cm³/mol. The number of carboxylic acids is 1. The number of carbonyl (C=O) groups excluding carboxylic acids is 1. The molecular formula is C12H14O3. The van der Waals surface area contributed by atoms with Gasteiger partial charge >= 0.3 is 5.97 Å². The van der Waals surface area contributed by atoms with Gasteiger partial charge < -0.3 is 5.11 Å². The minimum atomic E-state index is -0.843. The summed E-state index contributed by atoms with van der Waals surface area (Å²) in [4.78, 5) is 21.2. The highest BCUT2D eigenvalue weighted by atomic mass is 16.4. The van der Waals surface area contributed by atoms with Gasteiger partial charge in [-0.25, -0.2) is 0 Å². The SMILES string of the molecule is Cc1cc(C=O)c(CCC(=O)O)cc1C. The fourth-order valence-electron chi connectivity index (χ4n) is 1.47. The fraction of sp³-hybridized carbons (Fsp3) is 0.333. The summed E-state index contributed by atoms with van der Waals surface area (Å²) in [6.45, 7) is 3.89. The highest BCUT2D eigenvalue weighted by Gasteiger charge is 2.06. The fourth-order valence-corrected chi connectivity index (χ4v) is 1.47. The van der Waals surface area contributed by atoms with E-state index in [0.717, 1.165) is 23.0 Å². The lowest BCUT2D eigenvalue weighted by molar-refractivity contribution is -0.136. The van der Waals surface area contributed by atoms with E-state index in [9.17, 15) is 9.59 Å². The molecule has 0 aliphatic carbocycles. The van der Waals surface area contributed by atoms with Crippen LogP contribution in [0.25, 0.3) is 0 Å². The monoisotopic (exact) mass is 206 g/mol. The van der Waals surface area contributed by atoms with Gasteiger partial charge in [0.1, 0.15) is 6.29 Å². The molecule has 1 aromatic rings. The van der Waals surface area contributed by atoms with Gasteiger partial charge in [-0.05, 0) is 43.0 Å². The molecule has 0 saturated heterocycles. The van der Waals surface area contributed by atoms with E-state index in [4.69, 9.17) is 5.11 Å². The van der Waals surface area contributed by atoms with Crippen molar-refractivity contribution in [3.8, 4) is 0 Å². The molecule has 1 aromatic carbocycles. The molecule has 3 heteroatoms. The minimum Gasteiger partial charge on any atom is -0.481 e. The van der Waals surface area contributed by atoms with E-state index in [1.807, 2.05) is 19.9 Å². The van der Waals surface area contributed by atoms with Crippen LogP contribution in [-0.4, -0.2) is 17.4 Å². The Morgan fingerprint density at radius 2 is 1.93 bits per heavy atom. The van der Waals surface area contributed by atoms with E-state index >= 15 is 0 Å². The summed E-state index contributed by atoms with van der Waals surface area (Å²) in [6.07, 6.45) is 1.25. The van der Waals surface area contributed by atoms with Crippen LogP contribution < -0.4 is 0 Å². The van der Waals surface area contributed by atoms with E-state index in [1.54, 1.807) is 6.07 Å². The summed E-state index contributed by atoms with van der Waals surface area (Å²) in [5, 5.41) is 8.57. The molecule has 0 aromatic heterocycles. The van der Waals surface area contributed by atoms with Crippen molar-refractivity contribution in [3.63, 3.8) is 0 Å². The van der Waals surface area contributed by atoms with Gasteiger partial charge in [-0.15, -0.1) is 0 Å². The first-order chi connectivity index (χ1) is 7.04. The van der Waals surface area contributed by atoms with Gasteiger partial charge in [-0.2, -0.15) is 0 Å². The minimum absolute atomic E-state index is 0.0589. The van der Waals surface area contributed by atoms with Crippen LogP contribution in [0.1, 0.15) is 33.5 Å². The van der Waals surface area contributed by atoms with Gasteiger partial charge in [0, 0.05) is 12.0 Å². The van der Waals surface area contributed by atoms with E-state index in [-0.39, 0.29) is 6.42 Å². The smallest absolute Gasteiger partial charge is 0.303 e. The summed E-state index contributed by atoms with van der Waals surface area (Å²) >= 11 is 0. The Morgan fingerprint density at radius 3 is 2.47 bits per heavy atom. The van der Waals surface area contributed by atoms with Gasteiger partial charge in [0.05, 0.1) is 0 Å². The molecule has 80 valence electrons. The molecule has 0 atom stereocenters. The van der Waals surface area contributed by atoms with Crippen molar-refractivity contribution < 1.29 is 14.7 Å². The first-order valence-corrected chi connectivity index (χ1v) is 4.81. The van der Waals surface area contributed by atoms with E-state index in [1.165, 1.54) is 0 Å². The highest BCUT2D eigenvalue weighted by Crippen LogP contribution is 2.16. The maximum Gasteiger partial charge on any atom is 0.303 e. The number of hydrogen-bond acceptors (Lipinski definition) is 2. The number of rotatable bonds is 4. The maximum atomic E-state index is 10.8. The molecule has 3 nitrogen and oxygen atoms in total. The van der Waals surface area contributed by atoms with Crippen molar-refractivity contribution in [2.24, 2.45) is 0 Å². The Morgan fingerprint density at radius 1 is 1.33 bits per heavy atom. The molecule has 0 amide bonds. The third-order valence-electron chi connectivity index (χ3n) is 2.49. The van der Waals surface area contributed by atoms with Crippen molar-refractivity contribution in [1.29, 1.82) is 0 Å². The second kappa shape index (κ2) is 4.73. The maximum absolute atomic E-state index is 10.8.